The Bertz CT molecular complexity index is 1200. The van der Waals surface area contributed by atoms with Gasteiger partial charge in [0.05, 0.1) is 17.6 Å². The van der Waals surface area contributed by atoms with Crippen LogP contribution in [0.15, 0.2) is 51.9 Å². The molecule has 10 nitrogen and oxygen atoms in total. The molecule has 0 bridgehead atoms. The maximum atomic E-state index is 13.0. The van der Waals surface area contributed by atoms with Gasteiger partial charge in [-0.2, -0.15) is 0 Å². The summed E-state index contributed by atoms with van der Waals surface area (Å²) in [5.41, 5.74) is 0.941. The van der Waals surface area contributed by atoms with Gasteiger partial charge in [0.15, 0.2) is 16.9 Å². The summed E-state index contributed by atoms with van der Waals surface area (Å²) in [6.45, 7) is -0.442. The van der Waals surface area contributed by atoms with E-state index < -0.39 is 37.3 Å². The normalized spacial score (nSPS) is 26.9. The second-order valence-corrected chi connectivity index (χ2v) is 7.52. The highest BCUT2D eigenvalue weighted by molar-refractivity contribution is 5.83. The molecule has 5 atom stereocenters. The minimum atomic E-state index is -1.56. The largest absolute Gasteiger partial charge is 0.463 e. The predicted molar refractivity (Wildman–Crippen MR) is 108 cm³/mol. The van der Waals surface area contributed by atoms with Crippen LogP contribution in [0.5, 0.6) is 17.2 Å². The molecule has 0 aliphatic carbocycles. The van der Waals surface area contributed by atoms with E-state index in [9.17, 15) is 25.2 Å². The first-order chi connectivity index (χ1) is 15.5. The Kier molecular flexibility index (Phi) is 5.24. The summed E-state index contributed by atoms with van der Waals surface area (Å²) in [4.78, 5) is 13.0. The predicted octanol–water partition coefficient (Wildman–Crippen LogP) is 0.367. The van der Waals surface area contributed by atoms with E-state index in [-0.39, 0.29) is 23.6 Å². The van der Waals surface area contributed by atoms with Crippen LogP contribution in [0.1, 0.15) is 0 Å². The fourth-order valence-electron chi connectivity index (χ4n) is 3.74. The van der Waals surface area contributed by atoms with Crippen LogP contribution in [0.2, 0.25) is 0 Å². The lowest BCUT2D eigenvalue weighted by Crippen LogP contribution is -2.60. The average molecular weight is 444 g/mol. The van der Waals surface area contributed by atoms with Gasteiger partial charge in [-0.15, -0.1) is 0 Å². The topological polar surface area (TPSA) is 148 Å². The first-order valence-corrected chi connectivity index (χ1v) is 9.89. The average Bonchev–Trinajstić information content (AvgIpc) is 3.27. The summed E-state index contributed by atoms with van der Waals surface area (Å²) in [5, 5.41) is 39.5. The maximum Gasteiger partial charge on any atom is 0.231 e. The molecule has 0 spiro atoms. The van der Waals surface area contributed by atoms with E-state index >= 15 is 0 Å². The fourth-order valence-corrected chi connectivity index (χ4v) is 3.74. The van der Waals surface area contributed by atoms with Crippen LogP contribution >= 0.6 is 0 Å². The minimum Gasteiger partial charge on any atom is -0.463 e. The molecule has 0 amide bonds. The van der Waals surface area contributed by atoms with Gasteiger partial charge in [0, 0.05) is 6.07 Å². The maximum absolute atomic E-state index is 13.0. The van der Waals surface area contributed by atoms with E-state index in [1.165, 1.54) is 24.5 Å². The highest BCUT2D eigenvalue weighted by atomic mass is 16.7. The van der Waals surface area contributed by atoms with Crippen molar-refractivity contribution in [1.29, 1.82) is 0 Å². The molecule has 32 heavy (non-hydrogen) atoms. The first kappa shape index (κ1) is 20.7. The van der Waals surface area contributed by atoms with Crippen molar-refractivity contribution >= 4 is 11.0 Å². The Hall–Kier alpha value is -3.15. The van der Waals surface area contributed by atoms with Gasteiger partial charge in [-0.3, -0.25) is 4.79 Å². The number of fused-ring (bicyclic) bond motifs is 2. The molecule has 3 aromatic rings. The van der Waals surface area contributed by atoms with Crippen LogP contribution in [0.3, 0.4) is 0 Å². The van der Waals surface area contributed by atoms with E-state index in [1.54, 1.807) is 18.2 Å². The molecule has 5 unspecified atom stereocenters. The molecule has 3 heterocycles. The van der Waals surface area contributed by atoms with Gasteiger partial charge in [-0.05, 0) is 29.8 Å². The Morgan fingerprint density at radius 2 is 1.78 bits per heavy atom. The highest BCUT2D eigenvalue weighted by Crippen LogP contribution is 2.35. The van der Waals surface area contributed by atoms with Crippen LogP contribution < -0.4 is 19.6 Å². The lowest BCUT2D eigenvalue weighted by molar-refractivity contribution is -0.277. The van der Waals surface area contributed by atoms with Crippen molar-refractivity contribution in [2.24, 2.45) is 0 Å². The molecule has 4 N–H and O–H groups in total. The van der Waals surface area contributed by atoms with Crippen molar-refractivity contribution in [3.8, 4) is 28.4 Å². The number of aliphatic hydroxyl groups excluding tert-OH is 4. The summed E-state index contributed by atoms with van der Waals surface area (Å²) < 4.78 is 27.2. The Balaban J connectivity index is 1.43. The molecular weight excluding hydrogens is 424 g/mol. The summed E-state index contributed by atoms with van der Waals surface area (Å²) in [6, 6.07) is 9.61. The van der Waals surface area contributed by atoms with Crippen molar-refractivity contribution in [2.45, 2.75) is 30.7 Å². The van der Waals surface area contributed by atoms with Gasteiger partial charge < -0.3 is 43.8 Å². The van der Waals surface area contributed by atoms with Gasteiger partial charge in [0.2, 0.25) is 13.1 Å². The molecule has 10 heteroatoms. The van der Waals surface area contributed by atoms with Gasteiger partial charge in [-0.1, -0.05) is 6.07 Å². The van der Waals surface area contributed by atoms with Gasteiger partial charge in [-0.25, -0.2) is 0 Å². The summed E-state index contributed by atoms with van der Waals surface area (Å²) in [6.07, 6.45) is -5.71. The van der Waals surface area contributed by atoms with Crippen LogP contribution in [-0.4, -0.2) is 64.5 Å². The van der Waals surface area contributed by atoms with E-state index in [2.05, 4.69) is 0 Å². The lowest BCUT2D eigenvalue weighted by atomic mass is 9.99. The zero-order valence-electron chi connectivity index (χ0n) is 16.6. The smallest absolute Gasteiger partial charge is 0.231 e. The number of ether oxygens (including phenoxy) is 4. The number of hydrogen-bond acceptors (Lipinski definition) is 10. The first-order valence-electron chi connectivity index (χ1n) is 9.89. The van der Waals surface area contributed by atoms with E-state index in [4.69, 9.17) is 23.4 Å². The van der Waals surface area contributed by atoms with Crippen molar-refractivity contribution in [3.05, 3.63) is 52.9 Å². The van der Waals surface area contributed by atoms with Crippen molar-refractivity contribution in [1.82, 2.24) is 0 Å². The molecule has 1 aromatic heterocycles. The van der Waals surface area contributed by atoms with Crippen molar-refractivity contribution < 1.29 is 43.8 Å². The SMILES string of the molecule is O=c1c(-c2ccc3c(c2)OCO3)coc2cc(OC3OC(CO)C(O)C(O)C3O)ccc12. The second-order valence-electron chi connectivity index (χ2n) is 7.52. The quantitative estimate of drug-likeness (QED) is 0.445. The zero-order valence-corrected chi connectivity index (χ0v) is 16.6. The zero-order chi connectivity index (χ0) is 22.4. The molecular formula is C22H20O10. The summed E-state index contributed by atoms with van der Waals surface area (Å²) in [7, 11) is 0. The van der Waals surface area contributed by atoms with Crippen LogP contribution in [0.4, 0.5) is 0 Å². The molecule has 1 fully saturated rings. The summed E-state index contributed by atoms with van der Waals surface area (Å²) in [5.74, 6) is 1.35. The number of hydrogen-bond donors (Lipinski definition) is 4. The minimum absolute atomic E-state index is 0.127. The van der Waals surface area contributed by atoms with Crippen LogP contribution in [-0.2, 0) is 4.74 Å². The molecule has 2 aliphatic rings. The molecule has 2 aliphatic heterocycles. The Labute approximate surface area is 180 Å². The number of benzene rings is 2. The molecule has 0 radical (unpaired) electrons. The third-order valence-electron chi connectivity index (χ3n) is 5.53. The highest BCUT2D eigenvalue weighted by Gasteiger charge is 2.44. The molecule has 0 saturated carbocycles. The van der Waals surface area contributed by atoms with E-state index in [0.717, 1.165) is 0 Å². The van der Waals surface area contributed by atoms with Crippen LogP contribution in [0, 0.1) is 0 Å². The monoisotopic (exact) mass is 444 g/mol. The van der Waals surface area contributed by atoms with Crippen molar-refractivity contribution in [2.75, 3.05) is 13.4 Å². The standard InChI is InChI=1S/C22H20O10/c23-7-17-19(25)20(26)21(27)22(32-17)31-11-2-3-12-15(6-11)28-8-13(18(12)24)10-1-4-14-16(5-10)30-9-29-14/h1-6,8,17,19-23,25-27H,7,9H2. The Morgan fingerprint density at radius 1 is 0.969 bits per heavy atom. The Morgan fingerprint density at radius 3 is 2.59 bits per heavy atom. The van der Waals surface area contributed by atoms with Crippen molar-refractivity contribution in [3.63, 3.8) is 0 Å². The van der Waals surface area contributed by atoms with E-state index in [0.29, 0.717) is 28.0 Å². The molecule has 168 valence electrons. The second kappa shape index (κ2) is 8.08. The molecule has 1 saturated heterocycles. The van der Waals surface area contributed by atoms with Gasteiger partial charge in [0.25, 0.3) is 0 Å². The van der Waals surface area contributed by atoms with Gasteiger partial charge in [0.1, 0.15) is 42.0 Å². The van der Waals surface area contributed by atoms with E-state index in [1.807, 2.05) is 0 Å². The lowest BCUT2D eigenvalue weighted by Gasteiger charge is -2.39. The third kappa shape index (κ3) is 3.48. The molecule has 2 aromatic carbocycles. The third-order valence-corrected chi connectivity index (χ3v) is 5.53. The number of rotatable bonds is 4. The van der Waals surface area contributed by atoms with Crippen LogP contribution in [0.25, 0.3) is 22.1 Å². The fraction of sp³-hybridized carbons (Fsp3) is 0.318. The summed E-state index contributed by atoms with van der Waals surface area (Å²) >= 11 is 0. The molecule has 5 rings (SSSR count). The van der Waals surface area contributed by atoms with Gasteiger partial charge >= 0.3 is 0 Å². The number of aliphatic hydroxyl groups is 4.